The molecule has 1 aromatic rings. The quantitative estimate of drug-likeness (QED) is 0.770. The Bertz CT molecular complexity index is 375. The van der Waals surface area contributed by atoms with E-state index in [-0.39, 0.29) is 11.4 Å². The maximum absolute atomic E-state index is 13.7. The molecule has 1 heterocycles. The number of nitrogens with two attached hydrogens (primary N) is 1. The Morgan fingerprint density at radius 1 is 1.38 bits per heavy atom. The van der Waals surface area contributed by atoms with Crippen LogP contribution in [0, 0.1) is 11.6 Å². The van der Waals surface area contributed by atoms with Crippen LogP contribution in [0.2, 0.25) is 0 Å². The Kier molecular flexibility index (Phi) is 3.23. The molecule has 1 saturated heterocycles. The van der Waals surface area contributed by atoms with Crippen LogP contribution in [-0.2, 0) is 0 Å². The molecule has 0 aromatic heterocycles. The fraction of sp³-hybridized carbons (Fsp3) is 0.455. The highest BCUT2D eigenvalue weighted by Gasteiger charge is 2.22. The molecule has 1 atom stereocenters. The lowest BCUT2D eigenvalue weighted by Gasteiger charge is -2.32. The normalized spacial score (nSPS) is 21.2. The molecule has 0 spiro atoms. The molecule has 1 fully saturated rings. The van der Waals surface area contributed by atoms with E-state index in [1.807, 2.05) is 11.8 Å². The number of benzene rings is 1. The highest BCUT2D eigenvalue weighted by Crippen LogP contribution is 2.29. The Hall–Kier alpha value is -0.970. The van der Waals surface area contributed by atoms with E-state index in [9.17, 15) is 8.78 Å². The number of rotatable bonds is 1. The lowest BCUT2D eigenvalue weighted by molar-refractivity contribution is 0.571. The van der Waals surface area contributed by atoms with Gasteiger partial charge >= 0.3 is 0 Å². The second-order valence-corrected chi connectivity index (χ2v) is 5.51. The predicted octanol–water partition coefficient (Wildman–Crippen LogP) is 2.49. The van der Waals surface area contributed by atoms with Crippen LogP contribution in [0.4, 0.5) is 20.2 Å². The van der Waals surface area contributed by atoms with Gasteiger partial charge in [-0.25, -0.2) is 8.78 Å². The molecule has 2 rings (SSSR count). The first-order chi connectivity index (χ1) is 7.58. The molecule has 0 amide bonds. The SMILES string of the molecule is CC1CN(c2c(F)cc(N)cc2F)CCS1. The molecule has 1 unspecified atom stereocenters. The minimum atomic E-state index is -0.573. The van der Waals surface area contributed by atoms with Gasteiger partial charge < -0.3 is 10.6 Å². The third-order valence-electron chi connectivity index (χ3n) is 2.60. The molecule has 0 saturated carbocycles. The van der Waals surface area contributed by atoms with E-state index in [4.69, 9.17) is 5.73 Å². The minimum absolute atomic E-state index is 0.0568. The van der Waals surface area contributed by atoms with Crippen molar-refractivity contribution in [3.05, 3.63) is 23.8 Å². The first-order valence-corrected chi connectivity index (χ1v) is 6.24. The molecule has 0 radical (unpaired) electrons. The summed E-state index contributed by atoms with van der Waals surface area (Å²) in [4.78, 5) is 1.76. The van der Waals surface area contributed by atoms with Crippen molar-refractivity contribution in [2.45, 2.75) is 12.2 Å². The fourth-order valence-corrected chi connectivity index (χ4v) is 2.92. The van der Waals surface area contributed by atoms with Gasteiger partial charge in [0.2, 0.25) is 0 Å². The van der Waals surface area contributed by atoms with E-state index < -0.39 is 11.6 Å². The van der Waals surface area contributed by atoms with Crippen molar-refractivity contribution < 1.29 is 8.78 Å². The van der Waals surface area contributed by atoms with Gasteiger partial charge in [0.15, 0.2) is 11.6 Å². The van der Waals surface area contributed by atoms with Crippen molar-refractivity contribution in [3.63, 3.8) is 0 Å². The van der Waals surface area contributed by atoms with Crippen molar-refractivity contribution in [1.82, 2.24) is 0 Å². The lowest BCUT2D eigenvalue weighted by Crippen LogP contribution is -2.37. The van der Waals surface area contributed by atoms with Crippen LogP contribution in [0.5, 0.6) is 0 Å². The summed E-state index contributed by atoms with van der Waals surface area (Å²) in [5, 5.41) is 0.394. The zero-order valence-corrected chi connectivity index (χ0v) is 9.86. The van der Waals surface area contributed by atoms with E-state index in [1.54, 1.807) is 4.90 Å². The summed E-state index contributed by atoms with van der Waals surface area (Å²) in [6, 6.07) is 2.34. The van der Waals surface area contributed by atoms with Crippen molar-refractivity contribution in [1.29, 1.82) is 0 Å². The van der Waals surface area contributed by atoms with Crippen molar-refractivity contribution in [2.75, 3.05) is 29.5 Å². The average molecular weight is 244 g/mol. The number of thioether (sulfide) groups is 1. The van der Waals surface area contributed by atoms with Crippen molar-refractivity contribution in [2.24, 2.45) is 0 Å². The van der Waals surface area contributed by atoms with E-state index in [1.165, 1.54) is 12.1 Å². The van der Waals surface area contributed by atoms with Crippen LogP contribution in [0.1, 0.15) is 6.92 Å². The third kappa shape index (κ3) is 2.24. The number of nitrogens with zero attached hydrogens (tertiary/aromatic N) is 1. The van der Waals surface area contributed by atoms with Crippen LogP contribution in [0.25, 0.3) is 0 Å². The van der Waals surface area contributed by atoms with Crippen LogP contribution in [0.15, 0.2) is 12.1 Å². The second-order valence-electron chi connectivity index (χ2n) is 3.96. The van der Waals surface area contributed by atoms with Crippen LogP contribution in [-0.4, -0.2) is 24.1 Å². The van der Waals surface area contributed by atoms with Gasteiger partial charge in [-0.1, -0.05) is 6.92 Å². The summed E-state index contributed by atoms with van der Waals surface area (Å²) in [6.07, 6.45) is 0. The molecular weight excluding hydrogens is 230 g/mol. The molecule has 2 N–H and O–H groups in total. The summed E-state index contributed by atoms with van der Waals surface area (Å²) >= 11 is 1.82. The van der Waals surface area contributed by atoms with E-state index in [0.29, 0.717) is 18.3 Å². The maximum Gasteiger partial charge on any atom is 0.151 e. The molecule has 16 heavy (non-hydrogen) atoms. The molecule has 5 heteroatoms. The Morgan fingerprint density at radius 3 is 2.56 bits per heavy atom. The molecule has 1 aromatic carbocycles. The smallest absolute Gasteiger partial charge is 0.151 e. The molecular formula is C11H14F2N2S. The third-order valence-corrected chi connectivity index (χ3v) is 3.73. The molecule has 1 aliphatic rings. The second kappa shape index (κ2) is 4.49. The van der Waals surface area contributed by atoms with Crippen LogP contribution < -0.4 is 10.6 Å². The van der Waals surface area contributed by atoms with Crippen LogP contribution >= 0.6 is 11.8 Å². The number of hydrogen-bond donors (Lipinski definition) is 1. The average Bonchev–Trinajstić information content (AvgIpc) is 2.15. The predicted molar refractivity (Wildman–Crippen MR) is 64.9 cm³/mol. The number of halogens is 2. The largest absolute Gasteiger partial charge is 0.399 e. The molecule has 0 aliphatic carbocycles. The zero-order valence-electron chi connectivity index (χ0n) is 9.04. The van der Waals surface area contributed by atoms with Gasteiger partial charge in [-0.15, -0.1) is 0 Å². The first kappa shape index (κ1) is 11.5. The topological polar surface area (TPSA) is 29.3 Å². The monoisotopic (exact) mass is 244 g/mol. The van der Waals surface area contributed by atoms with Crippen molar-refractivity contribution in [3.8, 4) is 0 Å². The lowest BCUT2D eigenvalue weighted by atomic mass is 10.2. The van der Waals surface area contributed by atoms with Gasteiger partial charge in [-0.2, -0.15) is 11.8 Å². The summed E-state index contributed by atoms with van der Waals surface area (Å²) in [5.41, 5.74) is 5.56. The van der Waals surface area contributed by atoms with Gasteiger partial charge in [0, 0.05) is 29.8 Å². The Labute approximate surface area is 97.8 Å². The fourth-order valence-electron chi connectivity index (χ4n) is 1.91. The summed E-state index contributed by atoms with van der Waals surface area (Å²) in [6.45, 7) is 3.40. The van der Waals surface area contributed by atoms with E-state index in [0.717, 1.165) is 5.75 Å². The summed E-state index contributed by atoms with van der Waals surface area (Å²) < 4.78 is 27.3. The molecule has 88 valence electrons. The molecule has 1 aliphatic heterocycles. The molecule has 2 nitrogen and oxygen atoms in total. The van der Waals surface area contributed by atoms with Gasteiger partial charge in [-0.05, 0) is 12.1 Å². The zero-order chi connectivity index (χ0) is 11.7. The number of hydrogen-bond acceptors (Lipinski definition) is 3. The molecule has 0 bridgehead atoms. The van der Waals surface area contributed by atoms with E-state index >= 15 is 0 Å². The van der Waals surface area contributed by atoms with E-state index in [2.05, 4.69) is 6.92 Å². The van der Waals surface area contributed by atoms with Crippen molar-refractivity contribution >= 4 is 23.1 Å². The summed E-state index contributed by atoms with van der Waals surface area (Å²) in [7, 11) is 0. The highest BCUT2D eigenvalue weighted by atomic mass is 32.2. The Balaban J connectivity index is 2.32. The number of anilines is 2. The minimum Gasteiger partial charge on any atom is -0.399 e. The number of nitrogen functional groups attached to an aromatic ring is 1. The van der Waals surface area contributed by atoms with Gasteiger partial charge in [0.1, 0.15) is 5.69 Å². The van der Waals surface area contributed by atoms with Gasteiger partial charge in [-0.3, -0.25) is 0 Å². The van der Waals surface area contributed by atoms with Crippen LogP contribution in [0.3, 0.4) is 0 Å². The Morgan fingerprint density at radius 2 is 2.00 bits per heavy atom. The van der Waals surface area contributed by atoms with Gasteiger partial charge in [0.25, 0.3) is 0 Å². The standard InChI is InChI=1S/C11H14F2N2S/c1-7-6-15(2-3-16-7)11-9(12)4-8(14)5-10(11)13/h4-5,7H,2-3,6,14H2,1H3. The first-order valence-electron chi connectivity index (χ1n) is 5.19. The van der Waals surface area contributed by atoms with Gasteiger partial charge in [0.05, 0.1) is 0 Å². The maximum atomic E-state index is 13.7. The summed E-state index contributed by atoms with van der Waals surface area (Å²) in [5.74, 6) is -0.252. The highest BCUT2D eigenvalue weighted by molar-refractivity contribution is 8.00.